The molecule has 6 nitrogen and oxygen atoms in total. The molecule has 0 saturated carbocycles. The smallest absolute Gasteiger partial charge is 0.261 e. The molecule has 0 radical (unpaired) electrons. The van der Waals surface area contributed by atoms with E-state index < -0.39 is 0 Å². The Bertz CT molecular complexity index is 570. The fourth-order valence-electron chi connectivity index (χ4n) is 1.53. The van der Waals surface area contributed by atoms with Crippen molar-refractivity contribution in [2.24, 2.45) is 5.73 Å². The van der Waals surface area contributed by atoms with Crippen molar-refractivity contribution in [3.63, 3.8) is 0 Å². The first-order valence-corrected chi connectivity index (χ1v) is 6.53. The summed E-state index contributed by atoms with van der Waals surface area (Å²) in [6, 6.07) is 7.00. The molecular weight excluding hydrogens is 264 g/mol. The summed E-state index contributed by atoms with van der Waals surface area (Å²) in [6.07, 6.45) is 0.655. The third-order valence-electron chi connectivity index (χ3n) is 2.40. The molecule has 1 heterocycles. The number of rotatable bonds is 5. The van der Waals surface area contributed by atoms with Crippen molar-refractivity contribution in [2.45, 2.75) is 6.42 Å². The van der Waals surface area contributed by atoms with E-state index in [0.717, 1.165) is 5.01 Å². The van der Waals surface area contributed by atoms with Crippen LogP contribution in [0.5, 0.6) is 5.75 Å². The Morgan fingerprint density at radius 1 is 1.42 bits per heavy atom. The van der Waals surface area contributed by atoms with Gasteiger partial charge in [0.15, 0.2) is 0 Å². The second kappa shape index (κ2) is 6.26. The molecule has 3 N–H and O–H groups in total. The summed E-state index contributed by atoms with van der Waals surface area (Å²) >= 11 is 1.32. The number of hydrogen-bond acceptors (Lipinski definition) is 6. The largest absolute Gasteiger partial charge is 0.496 e. The molecule has 0 fully saturated rings. The van der Waals surface area contributed by atoms with Gasteiger partial charge < -0.3 is 10.5 Å². The third-order valence-corrected chi connectivity index (χ3v) is 3.30. The molecule has 0 aliphatic carbocycles. The molecule has 0 atom stereocenters. The molecular formula is C12H14N4O2S. The minimum Gasteiger partial charge on any atom is -0.496 e. The number of nitrogens with one attached hydrogen (secondary N) is 1. The van der Waals surface area contributed by atoms with Crippen LogP contribution in [-0.4, -0.2) is 29.8 Å². The third kappa shape index (κ3) is 3.27. The lowest BCUT2D eigenvalue weighted by Gasteiger charge is -2.06. The van der Waals surface area contributed by atoms with Crippen LogP contribution in [0, 0.1) is 0 Å². The van der Waals surface area contributed by atoms with Gasteiger partial charge in [-0.3, -0.25) is 10.1 Å². The van der Waals surface area contributed by atoms with Gasteiger partial charge in [-0.2, -0.15) is 0 Å². The minimum absolute atomic E-state index is 0.270. The van der Waals surface area contributed by atoms with E-state index in [-0.39, 0.29) is 5.91 Å². The van der Waals surface area contributed by atoms with Gasteiger partial charge >= 0.3 is 0 Å². The first-order valence-electron chi connectivity index (χ1n) is 5.71. The quantitative estimate of drug-likeness (QED) is 0.860. The molecule has 7 heteroatoms. The van der Waals surface area contributed by atoms with Gasteiger partial charge in [0.05, 0.1) is 12.7 Å². The summed E-state index contributed by atoms with van der Waals surface area (Å²) < 4.78 is 5.14. The molecule has 1 amide bonds. The van der Waals surface area contributed by atoms with Gasteiger partial charge in [-0.15, -0.1) is 10.2 Å². The van der Waals surface area contributed by atoms with Crippen molar-refractivity contribution in [3.8, 4) is 5.75 Å². The Balaban J connectivity index is 2.11. The zero-order valence-corrected chi connectivity index (χ0v) is 11.2. The Morgan fingerprint density at radius 3 is 2.95 bits per heavy atom. The van der Waals surface area contributed by atoms with E-state index in [9.17, 15) is 4.79 Å². The van der Waals surface area contributed by atoms with Crippen LogP contribution in [-0.2, 0) is 6.42 Å². The van der Waals surface area contributed by atoms with Crippen LogP contribution in [0.4, 0.5) is 5.13 Å². The second-order valence-corrected chi connectivity index (χ2v) is 4.76. The van der Waals surface area contributed by atoms with Crippen molar-refractivity contribution in [1.82, 2.24) is 10.2 Å². The van der Waals surface area contributed by atoms with Gasteiger partial charge in [-0.25, -0.2) is 0 Å². The summed E-state index contributed by atoms with van der Waals surface area (Å²) in [5, 5.41) is 11.8. The van der Waals surface area contributed by atoms with Crippen molar-refractivity contribution in [3.05, 3.63) is 34.8 Å². The highest BCUT2D eigenvalue weighted by atomic mass is 32.1. The van der Waals surface area contributed by atoms with Gasteiger partial charge in [-0.1, -0.05) is 23.5 Å². The fraction of sp³-hybridized carbons (Fsp3) is 0.250. The van der Waals surface area contributed by atoms with E-state index in [4.69, 9.17) is 10.5 Å². The van der Waals surface area contributed by atoms with Crippen LogP contribution in [0.1, 0.15) is 15.4 Å². The average Bonchev–Trinajstić information content (AvgIpc) is 2.86. The number of ether oxygens (including phenoxy) is 1. The van der Waals surface area contributed by atoms with E-state index >= 15 is 0 Å². The van der Waals surface area contributed by atoms with Gasteiger partial charge in [0.25, 0.3) is 5.91 Å². The summed E-state index contributed by atoms with van der Waals surface area (Å²) in [4.78, 5) is 12.1. The fourth-order valence-corrected chi connectivity index (χ4v) is 2.28. The van der Waals surface area contributed by atoms with E-state index in [0.29, 0.717) is 29.4 Å². The first kappa shape index (κ1) is 13.4. The highest BCUT2D eigenvalue weighted by molar-refractivity contribution is 7.15. The Labute approximate surface area is 114 Å². The van der Waals surface area contributed by atoms with Crippen LogP contribution in [0.2, 0.25) is 0 Å². The number of amides is 1. The predicted octanol–water partition coefficient (Wildman–Crippen LogP) is 1.30. The molecule has 2 rings (SSSR count). The van der Waals surface area contributed by atoms with Gasteiger partial charge in [0, 0.05) is 6.42 Å². The number of methoxy groups -OCH3 is 1. The molecule has 1 aromatic carbocycles. The van der Waals surface area contributed by atoms with E-state index in [1.165, 1.54) is 18.4 Å². The van der Waals surface area contributed by atoms with Gasteiger partial charge in [0.1, 0.15) is 10.8 Å². The van der Waals surface area contributed by atoms with Crippen molar-refractivity contribution in [2.75, 3.05) is 19.0 Å². The molecule has 0 spiro atoms. The summed E-state index contributed by atoms with van der Waals surface area (Å²) in [5.74, 6) is 0.250. The molecule has 100 valence electrons. The molecule has 0 aliphatic rings. The number of carbonyl (C=O) groups is 1. The molecule has 19 heavy (non-hydrogen) atoms. The highest BCUT2D eigenvalue weighted by Crippen LogP contribution is 2.21. The molecule has 1 aromatic heterocycles. The monoisotopic (exact) mass is 278 g/mol. The van der Waals surface area contributed by atoms with E-state index in [2.05, 4.69) is 15.5 Å². The van der Waals surface area contributed by atoms with Crippen LogP contribution in [0.15, 0.2) is 24.3 Å². The number of para-hydroxylation sites is 1. The van der Waals surface area contributed by atoms with E-state index in [1.807, 2.05) is 0 Å². The number of nitrogens with zero attached hydrogens (tertiary/aromatic N) is 2. The van der Waals surface area contributed by atoms with Crippen LogP contribution >= 0.6 is 11.3 Å². The number of anilines is 1. The average molecular weight is 278 g/mol. The lowest BCUT2D eigenvalue weighted by atomic mass is 10.2. The lowest BCUT2D eigenvalue weighted by Crippen LogP contribution is -2.12. The Kier molecular flexibility index (Phi) is 4.43. The van der Waals surface area contributed by atoms with Crippen LogP contribution in [0.3, 0.4) is 0 Å². The second-order valence-electron chi connectivity index (χ2n) is 3.69. The van der Waals surface area contributed by atoms with Gasteiger partial charge in [0.2, 0.25) is 5.13 Å². The number of nitrogens with two attached hydrogens (primary N) is 1. The molecule has 0 unspecified atom stereocenters. The summed E-state index contributed by atoms with van der Waals surface area (Å²) in [7, 11) is 1.52. The predicted molar refractivity (Wildman–Crippen MR) is 73.6 cm³/mol. The first-order chi connectivity index (χ1) is 9.24. The van der Waals surface area contributed by atoms with Crippen molar-refractivity contribution < 1.29 is 9.53 Å². The highest BCUT2D eigenvalue weighted by Gasteiger charge is 2.13. The molecule has 2 aromatic rings. The Morgan fingerprint density at radius 2 is 2.21 bits per heavy atom. The standard InChI is InChI=1S/C12H14N4O2S/c1-18-9-5-3-2-4-8(9)11(17)14-12-16-15-10(19-12)6-7-13/h2-5H,6-7,13H2,1H3,(H,14,16,17). The zero-order valence-electron chi connectivity index (χ0n) is 10.4. The number of hydrogen-bond donors (Lipinski definition) is 2. The van der Waals surface area contributed by atoms with Crippen molar-refractivity contribution >= 4 is 22.4 Å². The van der Waals surface area contributed by atoms with Gasteiger partial charge in [-0.05, 0) is 18.7 Å². The zero-order chi connectivity index (χ0) is 13.7. The SMILES string of the molecule is COc1ccccc1C(=O)Nc1nnc(CCN)s1. The maximum Gasteiger partial charge on any atom is 0.261 e. The van der Waals surface area contributed by atoms with Crippen LogP contribution in [0.25, 0.3) is 0 Å². The summed E-state index contributed by atoms with van der Waals surface area (Å²) in [6.45, 7) is 0.509. The number of aromatic nitrogens is 2. The lowest BCUT2D eigenvalue weighted by molar-refractivity contribution is 0.102. The number of carbonyl (C=O) groups excluding carboxylic acids is 1. The maximum atomic E-state index is 12.1. The molecule has 0 aliphatic heterocycles. The van der Waals surface area contributed by atoms with Crippen molar-refractivity contribution in [1.29, 1.82) is 0 Å². The minimum atomic E-state index is -0.270. The topological polar surface area (TPSA) is 90.1 Å². The molecule has 0 saturated heterocycles. The Hall–Kier alpha value is -1.99. The maximum absolute atomic E-state index is 12.1. The van der Waals surface area contributed by atoms with E-state index in [1.54, 1.807) is 24.3 Å². The molecule has 0 bridgehead atoms. The number of benzene rings is 1. The normalized spacial score (nSPS) is 10.2. The van der Waals surface area contributed by atoms with Crippen LogP contribution < -0.4 is 15.8 Å². The summed E-state index contributed by atoms with van der Waals surface area (Å²) in [5.41, 5.74) is 5.89.